The van der Waals surface area contributed by atoms with E-state index in [1.165, 1.54) is 11.8 Å². The summed E-state index contributed by atoms with van der Waals surface area (Å²) in [7, 11) is 0. The zero-order valence-electron chi connectivity index (χ0n) is 6.82. The fraction of sp³-hybridized carbons (Fsp3) is 0.222. The summed E-state index contributed by atoms with van der Waals surface area (Å²) in [4.78, 5) is 11.2. The molecule has 0 unspecified atom stereocenters. The maximum absolute atomic E-state index is 11.2. The van der Waals surface area contributed by atoms with Crippen LogP contribution in [0.25, 0.3) is 0 Å². The lowest BCUT2D eigenvalue weighted by Gasteiger charge is -2.00. The monoisotopic (exact) mass is 182 g/mol. The number of benzene rings is 1. The molecule has 2 nitrogen and oxygen atoms in total. The van der Waals surface area contributed by atoms with E-state index in [-0.39, 0.29) is 5.97 Å². The molecule has 64 valence electrons. The number of esters is 1. The van der Waals surface area contributed by atoms with Crippen LogP contribution < -0.4 is 0 Å². The molecule has 1 aromatic carbocycles. The van der Waals surface area contributed by atoms with Crippen molar-refractivity contribution in [2.75, 3.05) is 12.2 Å². The molecule has 0 atom stereocenters. The molecule has 0 N–H and O–H groups in total. The molecule has 0 saturated carbocycles. The quantitative estimate of drug-likeness (QED) is 0.529. The van der Waals surface area contributed by atoms with Crippen molar-refractivity contribution in [2.45, 2.75) is 0 Å². The highest BCUT2D eigenvalue weighted by molar-refractivity contribution is 7.98. The molecule has 0 bridgehead atoms. The number of thioether (sulfide) groups is 1. The Morgan fingerprint density at radius 2 is 2.08 bits per heavy atom. The van der Waals surface area contributed by atoms with Gasteiger partial charge in [0.15, 0.2) is 0 Å². The molecular formula is C9H10O2S. The summed E-state index contributed by atoms with van der Waals surface area (Å²) in [5.41, 5.74) is 0.603. The number of rotatable bonds is 3. The maximum Gasteiger partial charge on any atom is 0.338 e. The van der Waals surface area contributed by atoms with Crippen molar-refractivity contribution < 1.29 is 9.53 Å². The fourth-order valence-electron chi connectivity index (χ4n) is 0.770. The van der Waals surface area contributed by atoms with E-state index in [9.17, 15) is 4.79 Å². The Hall–Kier alpha value is -0.960. The molecule has 0 heterocycles. The average Bonchev–Trinajstić information content (AvgIpc) is 2.15. The molecule has 0 aromatic heterocycles. The number of carbonyl (C=O) groups excluding carboxylic acids is 1. The first-order valence-corrected chi connectivity index (χ1v) is 4.95. The van der Waals surface area contributed by atoms with Crippen LogP contribution in [0.5, 0.6) is 0 Å². The second-order valence-corrected chi connectivity index (χ2v) is 3.02. The van der Waals surface area contributed by atoms with Crippen molar-refractivity contribution in [1.29, 1.82) is 0 Å². The van der Waals surface area contributed by atoms with Crippen LogP contribution >= 0.6 is 11.8 Å². The Kier molecular flexibility index (Phi) is 3.67. The zero-order chi connectivity index (χ0) is 8.81. The lowest BCUT2D eigenvalue weighted by molar-refractivity contribution is 0.0579. The van der Waals surface area contributed by atoms with Crippen LogP contribution in [0.2, 0.25) is 0 Å². The Balaban J connectivity index is 2.54. The van der Waals surface area contributed by atoms with Gasteiger partial charge in [-0.2, -0.15) is 0 Å². The smallest absolute Gasteiger partial charge is 0.338 e. The van der Waals surface area contributed by atoms with Gasteiger partial charge in [0, 0.05) is 0 Å². The number of hydrogen-bond acceptors (Lipinski definition) is 3. The van der Waals surface area contributed by atoms with Crippen molar-refractivity contribution in [3.05, 3.63) is 35.9 Å². The van der Waals surface area contributed by atoms with E-state index in [4.69, 9.17) is 4.74 Å². The standard InChI is InChI=1S/C9H10O2S/c1-12-7-11-9(10)8-5-3-2-4-6-8/h2-6H,7H2,1H3. The van der Waals surface area contributed by atoms with E-state index in [1.807, 2.05) is 24.5 Å². The summed E-state index contributed by atoms with van der Waals surface area (Å²) in [5, 5.41) is 0. The number of hydrogen-bond donors (Lipinski definition) is 0. The lowest BCUT2D eigenvalue weighted by Crippen LogP contribution is -2.03. The van der Waals surface area contributed by atoms with Crippen LogP contribution in [0.1, 0.15) is 10.4 Å². The van der Waals surface area contributed by atoms with Crippen LogP contribution in [0, 0.1) is 0 Å². The maximum atomic E-state index is 11.2. The number of carbonyl (C=O) groups is 1. The number of ether oxygens (including phenoxy) is 1. The van der Waals surface area contributed by atoms with Gasteiger partial charge < -0.3 is 4.74 Å². The molecule has 1 aromatic rings. The predicted molar refractivity (Wildman–Crippen MR) is 50.2 cm³/mol. The molecule has 0 radical (unpaired) electrons. The SMILES string of the molecule is CSCOC(=O)c1ccccc1. The summed E-state index contributed by atoms with van der Waals surface area (Å²) in [6.45, 7) is 0. The van der Waals surface area contributed by atoms with Crippen molar-refractivity contribution in [2.24, 2.45) is 0 Å². The fourth-order valence-corrected chi connectivity index (χ4v) is 0.995. The van der Waals surface area contributed by atoms with E-state index in [0.717, 1.165) is 0 Å². The summed E-state index contributed by atoms with van der Waals surface area (Å²) >= 11 is 1.48. The van der Waals surface area contributed by atoms with Gasteiger partial charge in [0.05, 0.1) is 5.56 Å². The van der Waals surface area contributed by atoms with Gasteiger partial charge in [0.25, 0.3) is 0 Å². The topological polar surface area (TPSA) is 26.3 Å². The predicted octanol–water partition coefficient (Wildman–Crippen LogP) is 2.16. The van der Waals surface area contributed by atoms with Gasteiger partial charge in [-0.15, -0.1) is 11.8 Å². The molecule has 0 aliphatic rings. The molecule has 0 spiro atoms. The minimum Gasteiger partial charge on any atom is -0.451 e. The van der Waals surface area contributed by atoms with Crippen LogP contribution in [0.3, 0.4) is 0 Å². The summed E-state index contributed by atoms with van der Waals surface area (Å²) < 4.78 is 4.90. The summed E-state index contributed by atoms with van der Waals surface area (Å²) in [6, 6.07) is 8.97. The minimum atomic E-state index is -0.259. The van der Waals surface area contributed by atoms with Gasteiger partial charge in [0.2, 0.25) is 0 Å². The van der Waals surface area contributed by atoms with Gasteiger partial charge in [0.1, 0.15) is 5.94 Å². The third-order valence-electron chi connectivity index (χ3n) is 1.32. The molecule has 0 aliphatic carbocycles. The van der Waals surface area contributed by atoms with Gasteiger partial charge in [-0.1, -0.05) is 18.2 Å². The first-order chi connectivity index (χ1) is 5.84. The zero-order valence-corrected chi connectivity index (χ0v) is 7.64. The summed E-state index contributed by atoms with van der Waals surface area (Å²) in [6.07, 6.45) is 1.89. The normalized spacial score (nSPS) is 9.42. The Morgan fingerprint density at radius 3 is 2.67 bits per heavy atom. The third kappa shape index (κ3) is 2.58. The second-order valence-electron chi connectivity index (χ2n) is 2.20. The van der Waals surface area contributed by atoms with E-state index in [2.05, 4.69) is 0 Å². The largest absolute Gasteiger partial charge is 0.451 e. The molecule has 0 fully saturated rings. The Bertz CT molecular complexity index is 246. The third-order valence-corrected chi connectivity index (χ3v) is 1.67. The van der Waals surface area contributed by atoms with Crippen molar-refractivity contribution in [3.8, 4) is 0 Å². The molecule has 0 aliphatic heterocycles. The van der Waals surface area contributed by atoms with Crippen molar-refractivity contribution in [1.82, 2.24) is 0 Å². The van der Waals surface area contributed by atoms with Crippen LogP contribution in [-0.2, 0) is 4.74 Å². The highest BCUT2D eigenvalue weighted by Gasteiger charge is 2.03. The molecule has 1 rings (SSSR count). The van der Waals surface area contributed by atoms with Gasteiger partial charge >= 0.3 is 5.97 Å². The van der Waals surface area contributed by atoms with E-state index in [0.29, 0.717) is 11.5 Å². The molecule has 0 amide bonds. The van der Waals surface area contributed by atoms with Crippen LogP contribution in [-0.4, -0.2) is 18.2 Å². The Labute approximate surface area is 75.9 Å². The van der Waals surface area contributed by atoms with Gasteiger partial charge in [-0.05, 0) is 18.4 Å². The first kappa shape index (κ1) is 9.13. The highest BCUT2D eigenvalue weighted by atomic mass is 32.2. The van der Waals surface area contributed by atoms with Gasteiger partial charge in [-0.25, -0.2) is 4.79 Å². The lowest BCUT2D eigenvalue weighted by atomic mass is 10.2. The van der Waals surface area contributed by atoms with E-state index in [1.54, 1.807) is 12.1 Å². The van der Waals surface area contributed by atoms with Crippen LogP contribution in [0.4, 0.5) is 0 Å². The molecule has 12 heavy (non-hydrogen) atoms. The summed E-state index contributed by atoms with van der Waals surface area (Å²) in [5.74, 6) is 0.151. The molecular weight excluding hydrogens is 172 g/mol. The Morgan fingerprint density at radius 1 is 1.42 bits per heavy atom. The second kappa shape index (κ2) is 4.83. The highest BCUT2D eigenvalue weighted by Crippen LogP contribution is 2.02. The van der Waals surface area contributed by atoms with E-state index < -0.39 is 0 Å². The van der Waals surface area contributed by atoms with Gasteiger partial charge in [-0.3, -0.25) is 0 Å². The first-order valence-electron chi connectivity index (χ1n) is 3.55. The average molecular weight is 182 g/mol. The van der Waals surface area contributed by atoms with Crippen LogP contribution in [0.15, 0.2) is 30.3 Å². The minimum absolute atomic E-state index is 0.259. The van der Waals surface area contributed by atoms with Crippen molar-refractivity contribution >= 4 is 17.7 Å². The van der Waals surface area contributed by atoms with Crippen molar-refractivity contribution in [3.63, 3.8) is 0 Å². The van der Waals surface area contributed by atoms with E-state index >= 15 is 0 Å². The molecule has 3 heteroatoms. The molecule has 0 saturated heterocycles.